The number of urea groups is 1. The minimum absolute atomic E-state index is 0.0260. The van der Waals surface area contributed by atoms with Crippen LogP contribution in [-0.2, 0) is 6.54 Å². The number of hydrogen-bond acceptors (Lipinski definition) is 2. The summed E-state index contributed by atoms with van der Waals surface area (Å²) in [5, 5.41) is 0. The molecule has 84 valence electrons. The third-order valence-electron chi connectivity index (χ3n) is 2.50. The van der Waals surface area contributed by atoms with Crippen LogP contribution in [0.2, 0.25) is 0 Å². The number of amides is 2. The predicted octanol–water partition coefficient (Wildman–Crippen LogP) is 2.09. The summed E-state index contributed by atoms with van der Waals surface area (Å²) >= 11 is 0. The van der Waals surface area contributed by atoms with Crippen LogP contribution in [0.1, 0.15) is 18.2 Å². The van der Waals surface area contributed by atoms with E-state index < -0.39 is 0 Å². The van der Waals surface area contributed by atoms with E-state index in [1.807, 2.05) is 19.9 Å². The van der Waals surface area contributed by atoms with Gasteiger partial charge in [0, 0.05) is 26.2 Å². The lowest BCUT2D eigenvalue weighted by Gasteiger charge is -2.23. The first kappa shape index (κ1) is 11.6. The van der Waals surface area contributed by atoms with Gasteiger partial charge in [0.25, 0.3) is 0 Å². The first-order chi connectivity index (χ1) is 7.06. The summed E-state index contributed by atoms with van der Waals surface area (Å²) in [5.74, 6) is 0.869. The summed E-state index contributed by atoms with van der Waals surface area (Å²) in [5.41, 5.74) is 1.05. The summed E-state index contributed by atoms with van der Waals surface area (Å²) in [6.45, 7) is 5.16. The van der Waals surface area contributed by atoms with Crippen molar-refractivity contribution in [1.29, 1.82) is 0 Å². The van der Waals surface area contributed by atoms with Crippen LogP contribution < -0.4 is 0 Å². The van der Waals surface area contributed by atoms with E-state index in [4.69, 9.17) is 4.42 Å². The molecule has 0 aliphatic carbocycles. The molecule has 1 rings (SSSR count). The molecule has 4 nitrogen and oxygen atoms in total. The van der Waals surface area contributed by atoms with Crippen LogP contribution in [0, 0.1) is 6.92 Å². The molecule has 2 amide bonds. The van der Waals surface area contributed by atoms with Crippen LogP contribution in [-0.4, -0.2) is 36.5 Å². The van der Waals surface area contributed by atoms with Crippen molar-refractivity contribution in [3.8, 4) is 0 Å². The highest BCUT2D eigenvalue weighted by molar-refractivity contribution is 5.73. The van der Waals surface area contributed by atoms with Crippen molar-refractivity contribution in [3.05, 3.63) is 23.7 Å². The van der Waals surface area contributed by atoms with Crippen LogP contribution >= 0.6 is 0 Å². The molecule has 1 aromatic rings. The standard InChI is InChI=1S/C11H18N2O2/c1-5-12(3)11(14)13(4)8-10-6-7-15-9(10)2/h6-7H,5,8H2,1-4H3. The summed E-state index contributed by atoms with van der Waals surface area (Å²) in [7, 11) is 3.59. The molecular weight excluding hydrogens is 192 g/mol. The van der Waals surface area contributed by atoms with E-state index in [0.717, 1.165) is 11.3 Å². The second-order valence-electron chi connectivity index (χ2n) is 3.65. The zero-order valence-electron chi connectivity index (χ0n) is 9.78. The smallest absolute Gasteiger partial charge is 0.319 e. The molecule has 0 aromatic carbocycles. The highest BCUT2D eigenvalue weighted by Crippen LogP contribution is 2.11. The number of aryl methyl sites for hydroxylation is 1. The Kier molecular flexibility index (Phi) is 3.77. The summed E-state index contributed by atoms with van der Waals surface area (Å²) in [4.78, 5) is 15.1. The molecule has 0 bridgehead atoms. The molecule has 0 aliphatic heterocycles. The summed E-state index contributed by atoms with van der Waals surface area (Å²) < 4.78 is 5.18. The van der Waals surface area contributed by atoms with Crippen molar-refractivity contribution in [1.82, 2.24) is 9.80 Å². The van der Waals surface area contributed by atoms with Gasteiger partial charge in [0.1, 0.15) is 5.76 Å². The molecule has 1 heterocycles. The van der Waals surface area contributed by atoms with E-state index in [1.54, 1.807) is 30.2 Å². The molecule has 0 aliphatic rings. The zero-order chi connectivity index (χ0) is 11.4. The van der Waals surface area contributed by atoms with Crippen molar-refractivity contribution < 1.29 is 9.21 Å². The zero-order valence-corrected chi connectivity index (χ0v) is 9.78. The third-order valence-corrected chi connectivity index (χ3v) is 2.50. The van der Waals surface area contributed by atoms with Gasteiger partial charge in [0.15, 0.2) is 0 Å². The van der Waals surface area contributed by atoms with E-state index in [-0.39, 0.29) is 6.03 Å². The van der Waals surface area contributed by atoms with Gasteiger partial charge in [-0.2, -0.15) is 0 Å². The highest BCUT2D eigenvalue weighted by Gasteiger charge is 2.14. The molecule has 4 heteroatoms. The van der Waals surface area contributed by atoms with E-state index in [2.05, 4.69) is 0 Å². The lowest BCUT2D eigenvalue weighted by molar-refractivity contribution is 0.173. The Balaban J connectivity index is 2.60. The van der Waals surface area contributed by atoms with Crippen molar-refractivity contribution in [2.24, 2.45) is 0 Å². The molecule has 15 heavy (non-hydrogen) atoms. The van der Waals surface area contributed by atoms with E-state index in [1.165, 1.54) is 0 Å². The number of nitrogens with zero attached hydrogens (tertiary/aromatic N) is 2. The number of carbonyl (C=O) groups is 1. The normalized spacial score (nSPS) is 10.1. The molecule has 0 saturated heterocycles. The average Bonchev–Trinajstić information content (AvgIpc) is 2.62. The Morgan fingerprint density at radius 3 is 2.53 bits per heavy atom. The Hall–Kier alpha value is -1.45. The highest BCUT2D eigenvalue weighted by atomic mass is 16.3. The molecule has 0 N–H and O–H groups in total. The van der Waals surface area contributed by atoms with Gasteiger partial charge in [-0.05, 0) is 19.9 Å². The monoisotopic (exact) mass is 210 g/mol. The van der Waals surface area contributed by atoms with Crippen molar-refractivity contribution in [3.63, 3.8) is 0 Å². The Morgan fingerprint density at radius 2 is 2.07 bits per heavy atom. The Bertz CT molecular complexity index is 333. The maximum Gasteiger partial charge on any atom is 0.319 e. The van der Waals surface area contributed by atoms with Crippen LogP contribution in [0.3, 0.4) is 0 Å². The van der Waals surface area contributed by atoms with Gasteiger partial charge in [0.2, 0.25) is 0 Å². The fourth-order valence-corrected chi connectivity index (χ4v) is 1.33. The van der Waals surface area contributed by atoms with Crippen LogP contribution in [0.5, 0.6) is 0 Å². The topological polar surface area (TPSA) is 36.7 Å². The lowest BCUT2D eigenvalue weighted by atomic mass is 10.2. The SMILES string of the molecule is CCN(C)C(=O)N(C)Cc1ccoc1C. The van der Waals surface area contributed by atoms with Crippen LogP contribution in [0.25, 0.3) is 0 Å². The third kappa shape index (κ3) is 2.75. The van der Waals surface area contributed by atoms with E-state index >= 15 is 0 Å². The molecule has 0 atom stereocenters. The molecule has 0 unspecified atom stereocenters. The van der Waals surface area contributed by atoms with E-state index in [9.17, 15) is 4.79 Å². The minimum Gasteiger partial charge on any atom is -0.469 e. The number of furan rings is 1. The molecule has 0 fully saturated rings. The van der Waals surface area contributed by atoms with Gasteiger partial charge in [0.05, 0.1) is 12.8 Å². The number of hydrogen-bond donors (Lipinski definition) is 0. The maximum absolute atomic E-state index is 11.7. The fraction of sp³-hybridized carbons (Fsp3) is 0.545. The van der Waals surface area contributed by atoms with Gasteiger partial charge >= 0.3 is 6.03 Å². The molecule has 1 aromatic heterocycles. The van der Waals surface area contributed by atoms with Crippen molar-refractivity contribution >= 4 is 6.03 Å². The summed E-state index contributed by atoms with van der Waals surface area (Å²) in [6, 6.07) is 1.92. The van der Waals surface area contributed by atoms with Gasteiger partial charge in [-0.1, -0.05) is 0 Å². The second kappa shape index (κ2) is 4.87. The Labute approximate surface area is 90.5 Å². The van der Waals surface area contributed by atoms with Gasteiger partial charge in [-0.3, -0.25) is 0 Å². The fourth-order valence-electron chi connectivity index (χ4n) is 1.33. The summed E-state index contributed by atoms with van der Waals surface area (Å²) in [6.07, 6.45) is 1.65. The van der Waals surface area contributed by atoms with Crippen LogP contribution in [0.15, 0.2) is 16.7 Å². The maximum atomic E-state index is 11.7. The average molecular weight is 210 g/mol. The van der Waals surface area contributed by atoms with Crippen molar-refractivity contribution in [2.45, 2.75) is 20.4 Å². The number of carbonyl (C=O) groups excluding carboxylic acids is 1. The van der Waals surface area contributed by atoms with Gasteiger partial charge in [-0.15, -0.1) is 0 Å². The van der Waals surface area contributed by atoms with Gasteiger partial charge in [-0.25, -0.2) is 4.79 Å². The van der Waals surface area contributed by atoms with E-state index in [0.29, 0.717) is 13.1 Å². The minimum atomic E-state index is 0.0260. The first-order valence-corrected chi connectivity index (χ1v) is 5.05. The molecule has 0 saturated carbocycles. The Morgan fingerprint density at radius 1 is 1.40 bits per heavy atom. The van der Waals surface area contributed by atoms with Crippen molar-refractivity contribution in [2.75, 3.05) is 20.6 Å². The quantitative estimate of drug-likeness (QED) is 0.766. The molecule has 0 spiro atoms. The van der Waals surface area contributed by atoms with Gasteiger partial charge < -0.3 is 14.2 Å². The largest absolute Gasteiger partial charge is 0.469 e. The molecule has 0 radical (unpaired) electrons. The first-order valence-electron chi connectivity index (χ1n) is 5.05. The lowest BCUT2D eigenvalue weighted by Crippen LogP contribution is -2.38. The second-order valence-corrected chi connectivity index (χ2v) is 3.65. The predicted molar refractivity (Wildman–Crippen MR) is 58.6 cm³/mol. The molecular formula is C11H18N2O2. The number of rotatable bonds is 3. The van der Waals surface area contributed by atoms with Crippen LogP contribution in [0.4, 0.5) is 4.79 Å².